The Kier molecular flexibility index (Phi) is 2.26. The van der Waals surface area contributed by atoms with Crippen molar-refractivity contribution in [2.75, 3.05) is 4.90 Å². The maximum absolute atomic E-state index is 12.3. The average Bonchev–Trinajstić information content (AvgIpc) is 2.92. The summed E-state index contributed by atoms with van der Waals surface area (Å²) in [7, 11) is 0. The molecule has 1 N–H and O–H groups in total. The number of hydrogen-bond acceptors (Lipinski definition) is 4. The number of anilines is 1. The van der Waals surface area contributed by atoms with E-state index in [1.807, 2.05) is 30.3 Å². The maximum Gasteiger partial charge on any atom is 0.304 e. The molecule has 0 unspecified atom stereocenters. The van der Waals surface area contributed by atoms with Gasteiger partial charge in [-0.15, -0.1) is 10.2 Å². The average molecular weight is 239 g/mol. The first-order chi connectivity index (χ1) is 8.77. The minimum absolute atomic E-state index is 0.0150. The number of carbonyl (C=O) groups excluding carboxylic acids is 1. The number of amides is 1. The molecule has 1 amide bonds. The number of benzene rings is 1. The fourth-order valence-corrected chi connectivity index (χ4v) is 1.84. The Bertz CT molecular complexity index is 644. The lowest BCUT2D eigenvalue weighted by Gasteiger charge is -2.26. The molecule has 1 aliphatic heterocycles. The van der Waals surface area contributed by atoms with Crippen molar-refractivity contribution < 1.29 is 4.79 Å². The molecule has 6 heteroatoms. The summed E-state index contributed by atoms with van der Waals surface area (Å²) in [6.45, 7) is 3.86. The molecule has 0 bridgehead atoms. The van der Waals surface area contributed by atoms with Crippen LogP contribution in [0.2, 0.25) is 0 Å². The quantitative estimate of drug-likeness (QED) is 0.815. The number of nitrogens with zero attached hydrogens (tertiary/aromatic N) is 4. The molecular formula is C12H9N5O. The monoisotopic (exact) mass is 239 g/mol. The third-order valence-electron chi connectivity index (χ3n) is 2.66. The molecule has 0 radical (unpaired) electrons. The van der Waals surface area contributed by atoms with Gasteiger partial charge >= 0.3 is 5.91 Å². The van der Waals surface area contributed by atoms with Gasteiger partial charge in [-0.2, -0.15) is 5.21 Å². The second-order valence-electron chi connectivity index (χ2n) is 3.76. The maximum atomic E-state index is 12.3. The standard InChI is InChI=1S/C12H9N5O/c1-8-6-7-9-4-2-3-5-10(9)17(8)12(18)11-13-15-16-14-11/h2-7H,1H2,(H,13,14,15,16). The smallest absolute Gasteiger partial charge is 0.274 e. The van der Waals surface area contributed by atoms with Gasteiger partial charge in [0.15, 0.2) is 0 Å². The van der Waals surface area contributed by atoms with E-state index in [1.54, 1.807) is 6.08 Å². The summed E-state index contributed by atoms with van der Waals surface area (Å²) in [5.41, 5.74) is 2.28. The molecule has 2 aromatic rings. The Balaban J connectivity index is 2.09. The van der Waals surface area contributed by atoms with E-state index in [2.05, 4.69) is 27.2 Å². The van der Waals surface area contributed by atoms with Crippen molar-refractivity contribution >= 4 is 17.7 Å². The molecule has 0 saturated heterocycles. The van der Waals surface area contributed by atoms with Crippen molar-refractivity contribution in [1.82, 2.24) is 20.6 Å². The number of fused-ring (bicyclic) bond motifs is 1. The van der Waals surface area contributed by atoms with Crippen LogP contribution >= 0.6 is 0 Å². The SMILES string of the molecule is C=C1C=Cc2ccccc2N1C(=O)c1nn[nH]n1. The van der Waals surface area contributed by atoms with Gasteiger partial charge in [0.05, 0.1) is 5.69 Å². The second kappa shape index (κ2) is 3.92. The minimum Gasteiger partial charge on any atom is -0.274 e. The van der Waals surface area contributed by atoms with Crippen LogP contribution in [0.5, 0.6) is 0 Å². The molecule has 0 spiro atoms. The van der Waals surface area contributed by atoms with E-state index in [9.17, 15) is 4.79 Å². The molecular weight excluding hydrogens is 230 g/mol. The van der Waals surface area contributed by atoms with Gasteiger partial charge in [0.25, 0.3) is 5.82 Å². The number of H-pyrrole nitrogens is 1. The molecule has 1 aromatic carbocycles. The van der Waals surface area contributed by atoms with Crippen molar-refractivity contribution in [2.24, 2.45) is 0 Å². The Labute approximate surface area is 103 Å². The summed E-state index contributed by atoms with van der Waals surface area (Å²) in [4.78, 5) is 13.8. The topological polar surface area (TPSA) is 74.8 Å². The van der Waals surface area contributed by atoms with Gasteiger partial charge in [0.1, 0.15) is 0 Å². The summed E-state index contributed by atoms with van der Waals surface area (Å²) in [6.07, 6.45) is 3.69. The van der Waals surface area contributed by atoms with Crippen LogP contribution in [0.15, 0.2) is 42.6 Å². The van der Waals surface area contributed by atoms with Gasteiger partial charge < -0.3 is 0 Å². The van der Waals surface area contributed by atoms with Crippen molar-refractivity contribution in [1.29, 1.82) is 0 Å². The lowest BCUT2D eigenvalue weighted by Crippen LogP contribution is -2.31. The normalized spacial score (nSPS) is 13.6. The van der Waals surface area contributed by atoms with Crippen LogP contribution in [0.25, 0.3) is 6.08 Å². The number of carbonyl (C=O) groups is 1. The summed E-state index contributed by atoms with van der Waals surface area (Å²) in [5.74, 6) is -0.341. The fraction of sp³-hybridized carbons (Fsp3) is 0. The molecule has 2 heterocycles. The largest absolute Gasteiger partial charge is 0.304 e. The first kappa shape index (κ1) is 10.4. The summed E-state index contributed by atoms with van der Waals surface area (Å²) >= 11 is 0. The van der Waals surface area contributed by atoms with Gasteiger partial charge in [-0.05, 0) is 22.9 Å². The highest BCUT2D eigenvalue weighted by Gasteiger charge is 2.26. The van der Waals surface area contributed by atoms with E-state index in [4.69, 9.17) is 0 Å². The van der Waals surface area contributed by atoms with E-state index in [1.165, 1.54) is 4.90 Å². The summed E-state index contributed by atoms with van der Waals surface area (Å²) < 4.78 is 0. The molecule has 88 valence electrons. The molecule has 3 rings (SSSR count). The number of aromatic amines is 1. The van der Waals surface area contributed by atoms with Crippen LogP contribution in [-0.2, 0) is 0 Å². The van der Waals surface area contributed by atoms with E-state index in [-0.39, 0.29) is 11.7 Å². The van der Waals surface area contributed by atoms with Crippen molar-refractivity contribution in [2.45, 2.75) is 0 Å². The predicted octanol–water partition coefficient (Wildman–Crippen LogP) is 1.39. The number of rotatable bonds is 1. The van der Waals surface area contributed by atoms with Gasteiger partial charge in [0.2, 0.25) is 0 Å². The highest BCUT2D eigenvalue weighted by atomic mass is 16.2. The number of nitrogens with one attached hydrogen (secondary N) is 1. The van der Waals surface area contributed by atoms with E-state index >= 15 is 0 Å². The molecule has 0 fully saturated rings. The van der Waals surface area contributed by atoms with E-state index in [0.29, 0.717) is 5.70 Å². The van der Waals surface area contributed by atoms with Crippen molar-refractivity contribution in [3.05, 3.63) is 54.0 Å². The fourth-order valence-electron chi connectivity index (χ4n) is 1.84. The number of allylic oxidation sites excluding steroid dienone is 1. The Hall–Kier alpha value is -2.76. The highest BCUT2D eigenvalue weighted by Crippen LogP contribution is 2.30. The van der Waals surface area contributed by atoms with Crippen LogP contribution in [0, 0.1) is 0 Å². The second-order valence-corrected chi connectivity index (χ2v) is 3.76. The van der Waals surface area contributed by atoms with E-state index in [0.717, 1.165) is 11.3 Å². The zero-order valence-corrected chi connectivity index (χ0v) is 9.37. The Morgan fingerprint density at radius 1 is 1.28 bits per heavy atom. The number of hydrogen-bond donors (Lipinski definition) is 1. The highest BCUT2D eigenvalue weighted by molar-refractivity contribution is 6.08. The van der Waals surface area contributed by atoms with E-state index < -0.39 is 0 Å². The lowest BCUT2D eigenvalue weighted by atomic mass is 10.1. The molecule has 0 atom stereocenters. The first-order valence-electron chi connectivity index (χ1n) is 5.31. The number of aromatic nitrogens is 4. The van der Waals surface area contributed by atoms with Crippen LogP contribution in [0.1, 0.15) is 16.2 Å². The van der Waals surface area contributed by atoms with Gasteiger partial charge in [-0.1, -0.05) is 30.9 Å². The molecule has 6 nitrogen and oxygen atoms in total. The molecule has 0 saturated carbocycles. The Morgan fingerprint density at radius 3 is 2.89 bits per heavy atom. The van der Waals surface area contributed by atoms with Gasteiger partial charge in [0, 0.05) is 5.70 Å². The summed E-state index contributed by atoms with van der Waals surface area (Å²) in [6, 6.07) is 7.55. The zero-order chi connectivity index (χ0) is 12.5. The van der Waals surface area contributed by atoms with Gasteiger partial charge in [-0.25, -0.2) is 0 Å². The van der Waals surface area contributed by atoms with Gasteiger partial charge in [-0.3, -0.25) is 9.69 Å². The van der Waals surface area contributed by atoms with Crippen LogP contribution < -0.4 is 4.90 Å². The molecule has 1 aromatic heterocycles. The first-order valence-corrected chi connectivity index (χ1v) is 5.31. The third kappa shape index (κ3) is 1.51. The minimum atomic E-state index is -0.356. The van der Waals surface area contributed by atoms with Crippen LogP contribution in [-0.4, -0.2) is 26.5 Å². The third-order valence-corrected chi connectivity index (χ3v) is 2.66. The van der Waals surface area contributed by atoms with Crippen LogP contribution in [0.3, 0.4) is 0 Å². The number of tetrazole rings is 1. The predicted molar refractivity (Wildman–Crippen MR) is 65.6 cm³/mol. The lowest BCUT2D eigenvalue weighted by molar-refractivity contribution is 0.0986. The zero-order valence-electron chi connectivity index (χ0n) is 9.37. The van der Waals surface area contributed by atoms with Crippen molar-refractivity contribution in [3.63, 3.8) is 0 Å². The van der Waals surface area contributed by atoms with Crippen molar-refractivity contribution in [3.8, 4) is 0 Å². The molecule has 0 aliphatic carbocycles. The Morgan fingerprint density at radius 2 is 2.11 bits per heavy atom. The molecule has 1 aliphatic rings. The molecule has 18 heavy (non-hydrogen) atoms. The number of para-hydroxylation sites is 1. The summed E-state index contributed by atoms with van der Waals surface area (Å²) in [5, 5.41) is 13.0. The van der Waals surface area contributed by atoms with Crippen LogP contribution in [0.4, 0.5) is 5.69 Å².